The summed E-state index contributed by atoms with van der Waals surface area (Å²) in [7, 11) is 0. The number of nitrogens with one attached hydrogen (secondary N) is 2. The standard InChI is InChI=1S/C25H28N6O3S/c1-3-4-12-30(20(32)15-35-24-27-18-11-10-16(2)13-19(18)28-24)21-22(26)31(25(34)29-23(21)33)14-17-8-6-5-7-9-17/h5-11,13H,3-4,12,14-15,26H2,1-2H3,(H,27,28)(H,29,33,34). The van der Waals surface area contributed by atoms with Crippen molar-refractivity contribution in [1.29, 1.82) is 0 Å². The van der Waals surface area contributed by atoms with Gasteiger partial charge in [0.05, 0.1) is 23.3 Å². The van der Waals surface area contributed by atoms with Crippen LogP contribution in [0.25, 0.3) is 11.0 Å². The quantitative estimate of drug-likeness (QED) is 0.308. The predicted molar refractivity (Wildman–Crippen MR) is 140 cm³/mol. The third-order valence-electron chi connectivity index (χ3n) is 5.65. The number of unbranched alkanes of at least 4 members (excludes halogenated alkanes) is 1. The van der Waals surface area contributed by atoms with Gasteiger partial charge in [-0.3, -0.25) is 19.1 Å². The number of benzene rings is 2. The number of aromatic amines is 2. The summed E-state index contributed by atoms with van der Waals surface area (Å²) in [5.74, 6) is -0.266. The largest absolute Gasteiger partial charge is 0.383 e. The molecule has 10 heteroatoms. The first-order valence-corrected chi connectivity index (χ1v) is 12.4. The molecule has 0 saturated heterocycles. The number of nitrogens with zero attached hydrogens (tertiary/aromatic N) is 3. The number of H-pyrrole nitrogens is 2. The van der Waals surface area contributed by atoms with Crippen LogP contribution in [-0.2, 0) is 11.3 Å². The van der Waals surface area contributed by atoms with Crippen molar-refractivity contribution >= 4 is 40.2 Å². The molecule has 0 spiro atoms. The molecule has 0 saturated carbocycles. The van der Waals surface area contributed by atoms with Crippen molar-refractivity contribution in [1.82, 2.24) is 19.5 Å². The van der Waals surface area contributed by atoms with E-state index in [4.69, 9.17) is 5.73 Å². The lowest BCUT2D eigenvalue weighted by Crippen LogP contribution is -2.42. The van der Waals surface area contributed by atoms with Crippen LogP contribution in [0.4, 0.5) is 11.5 Å². The second-order valence-corrected chi connectivity index (χ2v) is 9.28. The minimum atomic E-state index is -0.675. The summed E-state index contributed by atoms with van der Waals surface area (Å²) in [4.78, 5) is 50.2. The van der Waals surface area contributed by atoms with Gasteiger partial charge in [-0.05, 0) is 36.6 Å². The molecular weight excluding hydrogens is 464 g/mol. The third kappa shape index (κ3) is 5.48. The highest BCUT2D eigenvalue weighted by Gasteiger charge is 2.24. The molecule has 182 valence electrons. The second kappa shape index (κ2) is 10.6. The van der Waals surface area contributed by atoms with Crippen molar-refractivity contribution in [2.75, 3.05) is 22.9 Å². The Labute approximate surface area is 206 Å². The molecule has 2 aromatic carbocycles. The summed E-state index contributed by atoms with van der Waals surface area (Å²) in [6.45, 7) is 4.49. The van der Waals surface area contributed by atoms with E-state index < -0.39 is 11.2 Å². The lowest BCUT2D eigenvalue weighted by Gasteiger charge is -2.24. The lowest BCUT2D eigenvalue weighted by atomic mass is 10.2. The number of nitrogen functional groups attached to an aromatic ring is 1. The number of nitrogens with two attached hydrogens (primary N) is 1. The number of fused-ring (bicyclic) bond motifs is 1. The van der Waals surface area contributed by atoms with Crippen LogP contribution in [0.2, 0.25) is 0 Å². The summed E-state index contributed by atoms with van der Waals surface area (Å²) in [5, 5.41) is 0.616. The number of anilines is 2. The molecular formula is C25H28N6O3S. The zero-order valence-corrected chi connectivity index (χ0v) is 20.5. The summed E-state index contributed by atoms with van der Waals surface area (Å²) in [6.07, 6.45) is 1.50. The molecule has 0 aliphatic rings. The lowest BCUT2D eigenvalue weighted by molar-refractivity contribution is -0.116. The molecule has 0 unspecified atom stereocenters. The van der Waals surface area contributed by atoms with E-state index in [2.05, 4.69) is 15.0 Å². The summed E-state index contributed by atoms with van der Waals surface area (Å²) in [5.41, 5.74) is 8.73. The maximum atomic E-state index is 13.3. The van der Waals surface area contributed by atoms with Crippen LogP contribution in [0.15, 0.2) is 63.3 Å². The van der Waals surface area contributed by atoms with E-state index in [1.165, 1.54) is 21.2 Å². The monoisotopic (exact) mass is 492 g/mol. The molecule has 1 amide bonds. The van der Waals surface area contributed by atoms with Crippen LogP contribution in [0.1, 0.15) is 30.9 Å². The fourth-order valence-electron chi connectivity index (χ4n) is 3.82. The minimum Gasteiger partial charge on any atom is -0.383 e. The Hall–Kier alpha value is -3.79. The van der Waals surface area contributed by atoms with Crippen LogP contribution in [0.5, 0.6) is 0 Å². The van der Waals surface area contributed by atoms with Crippen LogP contribution in [0, 0.1) is 6.92 Å². The van der Waals surface area contributed by atoms with Gasteiger partial charge < -0.3 is 15.6 Å². The van der Waals surface area contributed by atoms with Gasteiger partial charge in [0.25, 0.3) is 5.56 Å². The minimum absolute atomic E-state index is 0.000174. The number of aromatic nitrogens is 4. The normalized spacial score (nSPS) is 11.1. The van der Waals surface area contributed by atoms with E-state index in [9.17, 15) is 14.4 Å². The zero-order valence-electron chi connectivity index (χ0n) is 19.7. The average molecular weight is 493 g/mol. The van der Waals surface area contributed by atoms with Crippen molar-refractivity contribution < 1.29 is 4.79 Å². The molecule has 4 aromatic rings. The molecule has 35 heavy (non-hydrogen) atoms. The van der Waals surface area contributed by atoms with Gasteiger partial charge in [0.15, 0.2) is 10.8 Å². The molecule has 4 rings (SSSR count). The molecule has 2 heterocycles. The van der Waals surface area contributed by atoms with Gasteiger partial charge in [-0.2, -0.15) is 0 Å². The molecule has 9 nitrogen and oxygen atoms in total. The van der Waals surface area contributed by atoms with Gasteiger partial charge in [-0.1, -0.05) is 61.5 Å². The van der Waals surface area contributed by atoms with E-state index in [1.54, 1.807) is 0 Å². The van der Waals surface area contributed by atoms with Crippen molar-refractivity contribution in [3.63, 3.8) is 0 Å². The number of imidazole rings is 1. The van der Waals surface area contributed by atoms with Crippen LogP contribution < -0.4 is 21.9 Å². The van der Waals surface area contributed by atoms with Gasteiger partial charge in [0.2, 0.25) is 5.91 Å². The first kappa shape index (κ1) is 24.3. The van der Waals surface area contributed by atoms with Crippen LogP contribution in [0.3, 0.4) is 0 Å². The number of carbonyl (C=O) groups is 1. The number of thioether (sulfide) groups is 1. The van der Waals surface area contributed by atoms with Crippen LogP contribution in [-0.4, -0.2) is 37.7 Å². The van der Waals surface area contributed by atoms with Crippen LogP contribution >= 0.6 is 11.8 Å². The Morgan fingerprint density at radius 1 is 1.14 bits per heavy atom. The number of carbonyl (C=O) groups excluding carboxylic acids is 1. The maximum Gasteiger partial charge on any atom is 0.330 e. The molecule has 0 radical (unpaired) electrons. The Morgan fingerprint density at radius 2 is 1.91 bits per heavy atom. The van der Waals surface area contributed by atoms with Crippen molar-refractivity contribution in [2.24, 2.45) is 0 Å². The topological polar surface area (TPSA) is 130 Å². The zero-order chi connectivity index (χ0) is 24.9. The van der Waals surface area contributed by atoms with Crippen molar-refractivity contribution in [2.45, 2.75) is 38.4 Å². The molecule has 0 fully saturated rings. The summed E-state index contributed by atoms with van der Waals surface area (Å²) < 4.78 is 1.28. The van der Waals surface area contributed by atoms with Crippen molar-refractivity contribution in [3.8, 4) is 0 Å². The predicted octanol–water partition coefficient (Wildman–Crippen LogP) is 3.28. The first-order chi connectivity index (χ1) is 16.9. The highest BCUT2D eigenvalue weighted by Crippen LogP contribution is 2.23. The maximum absolute atomic E-state index is 13.3. The Bertz CT molecular complexity index is 1460. The molecule has 2 aromatic heterocycles. The van der Waals surface area contributed by atoms with Gasteiger partial charge in [0.1, 0.15) is 5.82 Å². The van der Waals surface area contributed by atoms with Gasteiger partial charge >= 0.3 is 5.69 Å². The van der Waals surface area contributed by atoms with E-state index in [0.29, 0.717) is 18.1 Å². The number of aryl methyl sites for hydroxylation is 1. The Balaban J connectivity index is 1.62. The fraction of sp³-hybridized carbons (Fsp3) is 0.280. The van der Waals surface area contributed by atoms with E-state index >= 15 is 0 Å². The summed E-state index contributed by atoms with van der Waals surface area (Å²) in [6, 6.07) is 15.2. The van der Waals surface area contributed by atoms with E-state index in [0.717, 1.165) is 28.6 Å². The fourth-order valence-corrected chi connectivity index (χ4v) is 4.58. The molecule has 0 atom stereocenters. The molecule has 0 bridgehead atoms. The number of rotatable bonds is 9. The molecule has 0 aliphatic heterocycles. The number of hydrogen-bond donors (Lipinski definition) is 3. The smallest absolute Gasteiger partial charge is 0.330 e. The summed E-state index contributed by atoms with van der Waals surface area (Å²) >= 11 is 1.26. The number of amides is 1. The van der Waals surface area contributed by atoms with E-state index in [1.807, 2.05) is 62.4 Å². The highest BCUT2D eigenvalue weighted by atomic mass is 32.2. The average Bonchev–Trinajstić information content (AvgIpc) is 3.25. The van der Waals surface area contributed by atoms with Crippen molar-refractivity contribution in [3.05, 3.63) is 80.5 Å². The Kier molecular flexibility index (Phi) is 7.40. The second-order valence-electron chi connectivity index (χ2n) is 8.32. The molecule has 0 aliphatic carbocycles. The molecule has 4 N–H and O–H groups in total. The van der Waals surface area contributed by atoms with Gasteiger partial charge in [0, 0.05) is 6.54 Å². The number of hydrogen-bond acceptors (Lipinski definition) is 6. The highest BCUT2D eigenvalue weighted by molar-refractivity contribution is 7.99. The van der Waals surface area contributed by atoms with Gasteiger partial charge in [-0.15, -0.1) is 0 Å². The van der Waals surface area contributed by atoms with E-state index in [-0.39, 0.29) is 29.7 Å². The van der Waals surface area contributed by atoms with Gasteiger partial charge in [-0.25, -0.2) is 9.78 Å². The third-order valence-corrected chi connectivity index (χ3v) is 6.51. The Morgan fingerprint density at radius 3 is 2.66 bits per heavy atom. The SMILES string of the molecule is CCCCN(C(=O)CSc1nc2ccc(C)cc2[nH]1)c1c(N)n(Cc2ccccc2)c(=O)[nH]c1=O. The first-order valence-electron chi connectivity index (χ1n) is 11.4.